The molecule has 0 unspecified atom stereocenters. The molecule has 0 N–H and O–H groups in total. The van der Waals surface area contributed by atoms with Gasteiger partial charge in [-0.3, -0.25) is 4.99 Å². The first-order valence-electron chi connectivity index (χ1n) is 5.50. The Morgan fingerprint density at radius 2 is 1.78 bits per heavy atom. The molecule has 0 bridgehead atoms. The number of ether oxygens (including phenoxy) is 2. The quantitative estimate of drug-likeness (QED) is 0.757. The molecule has 0 aliphatic carbocycles. The van der Waals surface area contributed by atoms with Crippen LogP contribution in [0.2, 0.25) is 0 Å². The van der Waals surface area contributed by atoms with Gasteiger partial charge >= 0.3 is 0 Å². The van der Waals surface area contributed by atoms with Gasteiger partial charge in [0.1, 0.15) is 5.82 Å². The lowest BCUT2D eigenvalue weighted by Gasteiger charge is -1.97. The third-order valence-electron chi connectivity index (χ3n) is 2.59. The summed E-state index contributed by atoms with van der Waals surface area (Å²) in [4.78, 5) is 4.26. The van der Waals surface area contributed by atoms with Gasteiger partial charge in [0.25, 0.3) is 0 Å². The topological polar surface area (TPSA) is 30.8 Å². The number of benzene rings is 2. The van der Waals surface area contributed by atoms with Crippen molar-refractivity contribution in [3.8, 4) is 11.5 Å². The Labute approximate surface area is 104 Å². The molecule has 0 fully saturated rings. The van der Waals surface area contributed by atoms with E-state index in [0.29, 0.717) is 5.69 Å². The summed E-state index contributed by atoms with van der Waals surface area (Å²) >= 11 is 0. The highest BCUT2D eigenvalue weighted by atomic mass is 19.1. The third-order valence-corrected chi connectivity index (χ3v) is 2.59. The van der Waals surface area contributed by atoms with Crippen molar-refractivity contribution in [1.29, 1.82) is 0 Å². The van der Waals surface area contributed by atoms with Crippen molar-refractivity contribution in [1.82, 2.24) is 0 Å². The van der Waals surface area contributed by atoms with E-state index in [9.17, 15) is 4.39 Å². The molecule has 1 aliphatic rings. The Bertz CT molecular complexity index is 593. The Balaban J connectivity index is 1.82. The highest BCUT2D eigenvalue weighted by molar-refractivity contribution is 5.83. The molecule has 0 saturated carbocycles. The van der Waals surface area contributed by atoms with Gasteiger partial charge in [-0.15, -0.1) is 0 Å². The summed E-state index contributed by atoms with van der Waals surface area (Å²) in [6, 6.07) is 11.6. The van der Waals surface area contributed by atoms with Crippen molar-refractivity contribution in [2.75, 3.05) is 6.79 Å². The molecule has 90 valence electrons. The average molecular weight is 243 g/mol. The van der Waals surface area contributed by atoms with Crippen LogP contribution in [0.1, 0.15) is 5.56 Å². The van der Waals surface area contributed by atoms with Crippen molar-refractivity contribution >= 4 is 11.9 Å². The van der Waals surface area contributed by atoms with E-state index < -0.39 is 0 Å². The number of halogens is 1. The maximum Gasteiger partial charge on any atom is 0.231 e. The van der Waals surface area contributed by atoms with Gasteiger partial charge in [-0.25, -0.2) is 4.39 Å². The Kier molecular flexibility index (Phi) is 2.68. The molecule has 0 spiro atoms. The van der Waals surface area contributed by atoms with E-state index in [-0.39, 0.29) is 12.6 Å². The molecule has 0 amide bonds. The highest BCUT2D eigenvalue weighted by Crippen LogP contribution is 2.32. The predicted molar refractivity (Wildman–Crippen MR) is 66.2 cm³/mol. The first kappa shape index (κ1) is 10.8. The Morgan fingerprint density at radius 3 is 2.61 bits per heavy atom. The molecule has 1 aliphatic heterocycles. The van der Waals surface area contributed by atoms with Crippen LogP contribution >= 0.6 is 0 Å². The predicted octanol–water partition coefficient (Wildman–Crippen LogP) is 3.31. The smallest absolute Gasteiger partial charge is 0.231 e. The molecule has 0 radical (unpaired) electrons. The minimum Gasteiger partial charge on any atom is -0.454 e. The van der Waals surface area contributed by atoms with Crippen LogP contribution in [-0.4, -0.2) is 13.0 Å². The van der Waals surface area contributed by atoms with E-state index in [0.717, 1.165) is 17.1 Å². The summed E-state index contributed by atoms with van der Waals surface area (Å²) in [5.74, 6) is 1.20. The van der Waals surface area contributed by atoms with Crippen LogP contribution in [0.5, 0.6) is 11.5 Å². The van der Waals surface area contributed by atoms with Crippen LogP contribution in [0.25, 0.3) is 0 Å². The fourth-order valence-corrected chi connectivity index (χ4v) is 1.67. The summed E-state index contributed by atoms with van der Waals surface area (Å²) in [6.07, 6.45) is 1.70. The van der Waals surface area contributed by atoms with Crippen molar-refractivity contribution in [3.63, 3.8) is 0 Å². The molecule has 4 heteroatoms. The summed E-state index contributed by atoms with van der Waals surface area (Å²) in [5.41, 5.74) is 1.61. The number of nitrogens with zero attached hydrogens (tertiary/aromatic N) is 1. The zero-order valence-corrected chi connectivity index (χ0v) is 9.47. The van der Waals surface area contributed by atoms with Crippen molar-refractivity contribution < 1.29 is 13.9 Å². The maximum atomic E-state index is 12.7. The lowest BCUT2D eigenvalue weighted by atomic mass is 10.2. The van der Waals surface area contributed by atoms with E-state index >= 15 is 0 Å². The van der Waals surface area contributed by atoms with Crippen LogP contribution < -0.4 is 9.47 Å². The normalized spacial score (nSPS) is 13.2. The van der Waals surface area contributed by atoms with Crippen molar-refractivity contribution in [2.45, 2.75) is 0 Å². The highest BCUT2D eigenvalue weighted by Gasteiger charge is 2.12. The minimum atomic E-state index is -0.267. The lowest BCUT2D eigenvalue weighted by molar-refractivity contribution is 0.174. The monoisotopic (exact) mass is 243 g/mol. The standard InChI is InChI=1S/C14H10FNO2/c15-11-2-4-12(5-3-11)16-8-10-1-6-13-14(7-10)18-9-17-13/h1-8H,9H2. The number of aliphatic imine (C=N–C) groups is 1. The van der Waals surface area contributed by atoms with E-state index in [1.165, 1.54) is 12.1 Å². The maximum absolute atomic E-state index is 12.7. The molecule has 0 aromatic heterocycles. The van der Waals surface area contributed by atoms with E-state index in [1.54, 1.807) is 18.3 Å². The minimum absolute atomic E-state index is 0.258. The van der Waals surface area contributed by atoms with Crippen LogP contribution in [0.15, 0.2) is 47.5 Å². The van der Waals surface area contributed by atoms with Crippen LogP contribution in [0.3, 0.4) is 0 Å². The van der Waals surface area contributed by atoms with E-state index in [4.69, 9.17) is 9.47 Å². The molecule has 3 rings (SSSR count). The second kappa shape index (κ2) is 4.49. The van der Waals surface area contributed by atoms with Gasteiger partial charge < -0.3 is 9.47 Å². The summed E-state index contributed by atoms with van der Waals surface area (Å²) in [6.45, 7) is 0.258. The van der Waals surface area contributed by atoms with E-state index in [2.05, 4.69) is 4.99 Å². The molecule has 3 nitrogen and oxygen atoms in total. The number of hydrogen-bond donors (Lipinski definition) is 0. The lowest BCUT2D eigenvalue weighted by Crippen LogP contribution is -1.92. The van der Waals surface area contributed by atoms with Gasteiger partial charge in [-0.1, -0.05) is 0 Å². The van der Waals surface area contributed by atoms with Gasteiger partial charge in [0.05, 0.1) is 5.69 Å². The Hall–Kier alpha value is -2.36. The summed E-state index contributed by atoms with van der Waals surface area (Å²) in [7, 11) is 0. The van der Waals surface area contributed by atoms with Crippen LogP contribution in [0, 0.1) is 5.82 Å². The number of hydrogen-bond acceptors (Lipinski definition) is 3. The molecule has 1 heterocycles. The van der Waals surface area contributed by atoms with Crippen molar-refractivity contribution in [2.24, 2.45) is 4.99 Å². The number of fused-ring (bicyclic) bond motifs is 1. The zero-order valence-electron chi connectivity index (χ0n) is 9.47. The summed E-state index contributed by atoms with van der Waals surface area (Å²) < 4.78 is 23.2. The average Bonchev–Trinajstić information content (AvgIpc) is 2.85. The fraction of sp³-hybridized carbons (Fsp3) is 0.0714. The molecular formula is C14H10FNO2. The van der Waals surface area contributed by atoms with Crippen LogP contribution in [-0.2, 0) is 0 Å². The van der Waals surface area contributed by atoms with Crippen LogP contribution in [0.4, 0.5) is 10.1 Å². The van der Waals surface area contributed by atoms with Gasteiger partial charge in [0, 0.05) is 6.21 Å². The summed E-state index contributed by atoms with van der Waals surface area (Å²) in [5, 5.41) is 0. The fourth-order valence-electron chi connectivity index (χ4n) is 1.67. The molecule has 0 saturated heterocycles. The molecule has 18 heavy (non-hydrogen) atoms. The van der Waals surface area contributed by atoms with Gasteiger partial charge in [0.15, 0.2) is 11.5 Å². The zero-order chi connectivity index (χ0) is 12.4. The Morgan fingerprint density at radius 1 is 1.00 bits per heavy atom. The van der Waals surface area contributed by atoms with Gasteiger partial charge in [-0.05, 0) is 48.0 Å². The van der Waals surface area contributed by atoms with Gasteiger partial charge in [-0.2, -0.15) is 0 Å². The largest absolute Gasteiger partial charge is 0.454 e. The SMILES string of the molecule is Fc1ccc(N=Cc2ccc3c(c2)OCO3)cc1. The second-order valence-electron chi connectivity index (χ2n) is 3.85. The third kappa shape index (κ3) is 2.18. The molecule has 2 aromatic rings. The first-order valence-corrected chi connectivity index (χ1v) is 5.50. The first-order chi connectivity index (χ1) is 8.81. The number of rotatable bonds is 2. The molecule has 0 atom stereocenters. The van der Waals surface area contributed by atoms with Crippen molar-refractivity contribution in [3.05, 3.63) is 53.8 Å². The molecule has 2 aromatic carbocycles. The second-order valence-corrected chi connectivity index (χ2v) is 3.85. The van der Waals surface area contributed by atoms with E-state index in [1.807, 2.05) is 18.2 Å². The van der Waals surface area contributed by atoms with Gasteiger partial charge in [0.2, 0.25) is 6.79 Å². The molecular weight excluding hydrogens is 233 g/mol.